The number of likely N-dealkylation sites (tertiary alicyclic amines) is 1. The molecule has 1 unspecified atom stereocenters. The van der Waals surface area contributed by atoms with Crippen LogP contribution in [0.25, 0.3) is 0 Å². The first-order chi connectivity index (χ1) is 22.0. The van der Waals surface area contributed by atoms with Gasteiger partial charge in [0.1, 0.15) is 6.04 Å². The fourth-order valence-corrected chi connectivity index (χ4v) is 7.94. The van der Waals surface area contributed by atoms with Gasteiger partial charge in [0, 0.05) is 51.4 Å². The van der Waals surface area contributed by atoms with Crippen molar-refractivity contribution >= 4 is 17.7 Å². The molecular formula is C34H37N7O5. The average molecular weight is 624 g/mol. The van der Waals surface area contributed by atoms with Crippen LogP contribution in [0.3, 0.4) is 0 Å². The van der Waals surface area contributed by atoms with E-state index in [1.807, 2.05) is 36.4 Å². The fourth-order valence-electron chi connectivity index (χ4n) is 7.94. The Morgan fingerprint density at radius 2 is 1.61 bits per heavy atom. The molecule has 0 bridgehead atoms. The second-order valence-corrected chi connectivity index (χ2v) is 13.4. The van der Waals surface area contributed by atoms with Crippen molar-refractivity contribution < 1.29 is 18.9 Å². The monoisotopic (exact) mass is 623 g/mol. The molecule has 3 aromatic rings. The van der Waals surface area contributed by atoms with Crippen molar-refractivity contribution in [3.8, 4) is 6.07 Å². The van der Waals surface area contributed by atoms with E-state index in [2.05, 4.69) is 16.4 Å². The molecule has 1 saturated heterocycles. The van der Waals surface area contributed by atoms with Gasteiger partial charge in [0.05, 0.1) is 24.6 Å². The van der Waals surface area contributed by atoms with Crippen LogP contribution in [0.5, 0.6) is 0 Å². The fraction of sp³-hybridized carbons (Fsp3) is 0.471. The first kappa shape index (κ1) is 29.9. The molecule has 12 heteroatoms. The topological polar surface area (TPSA) is 145 Å². The molecule has 46 heavy (non-hydrogen) atoms. The van der Waals surface area contributed by atoms with Crippen LogP contribution in [0, 0.1) is 17.2 Å². The number of piperidine rings is 1. The predicted octanol–water partition coefficient (Wildman–Crippen LogP) is 1.55. The minimum Gasteiger partial charge on any atom is -0.345 e. The van der Waals surface area contributed by atoms with Gasteiger partial charge < -0.3 is 24.5 Å². The third-order valence-electron chi connectivity index (χ3n) is 10.1. The molecule has 2 fully saturated rings. The minimum absolute atomic E-state index is 0.0443. The molecule has 3 amide bonds. The quantitative estimate of drug-likeness (QED) is 0.451. The number of rotatable bonds is 5. The lowest BCUT2D eigenvalue weighted by Crippen LogP contribution is -2.51. The van der Waals surface area contributed by atoms with Gasteiger partial charge >= 0.3 is 5.76 Å². The molecule has 7 rings (SSSR count). The first-order valence-corrected chi connectivity index (χ1v) is 15.7. The maximum absolute atomic E-state index is 13.4. The van der Waals surface area contributed by atoms with Crippen molar-refractivity contribution in [2.45, 2.75) is 62.2 Å². The number of carbonyl (C=O) groups excluding carboxylic acids is 3. The van der Waals surface area contributed by atoms with Gasteiger partial charge in [0.15, 0.2) is 5.82 Å². The van der Waals surface area contributed by atoms with Crippen molar-refractivity contribution in [3.05, 3.63) is 86.2 Å². The zero-order valence-corrected chi connectivity index (χ0v) is 26.4. The molecule has 1 spiro atoms. The first-order valence-electron chi connectivity index (χ1n) is 15.7. The van der Waals surface area contributed by atoms with Crippen molar-refractivity contribution in [3.63, 3.8) is 0 Å². The molecule has 4 atom stereocenters. The van der Waals surface area contributed by atoms with Crippen molar-refractivity contribution in [1.82, 2.24) is 29.7 Å². The maximum atomic E-state index is 13.4. The number of fused-ring (bicyclic) bond motifs is 7. The summed E-state index contributed by atoms with van der Waals surface area (Å²) in [4.78, 5) is 61.5. The number of nitrogens with one attached hydrogen (secondary N) is 1. The Morgan fingerprint density at radius 3 is 2.17 bits per heavy atom. The summed E-state index contributed by atoms with van der Waals surface area (Å²) in [5.41, 5.74) is 3.82. The van der Waals surface area contributed by atoms with Crippen molar-refractivity contribution in [1.29, 1.82) is 5.26 Å². The lowest BCUT2D eigenvalue weighted by Gasteiger charge is -2.42. The smallest absolute Gasteiger partial charge is 0.345 e. The Kier molecular flexibility index (Phi) is 7.12. The zero-order chi connectivity index (χ0) is 32.5. The third kappa shape index (κ3) is 4.72. The summed E-state index contributed by atoms with van der Waals surface area (Å²) in [5.74, 6) is -0.188. The van der Waals surface area contributed by atoms with E-state index in [1.54, 1.807) is 33.1 Å². The third-order valence-corrected chi connectivity index (χ3v) is 10.1. The van der Waals surface area contributed by atoms with E-state index >= 15 is 0 Å². The average Bonchev–Trinajstić information content (AvgIpc) is 3.57. The molecule has 12 nitrogen and oxygen atoms in total. The van der Waals surface area contributed by atoms with Crippen molar-refractivity contribution in [2.24, 2.45) is 5.92 Å². The lowest BCUT2D eigenvalue weighted by atomic mass is 9.66. The number of nitrogens with zero attached hydrogens (tertiary/aromatic N) is 6. The zero-order valence-electron chi connectivity index (χ0n) is 26.4. The van der Waals surface area contributed by atoms with Gasteiger partial charge in [-0.25, -0.2) is 4.79 Å². The molecule has 0 radical (unpaired) electrons. The highest BCUT2D eigenvalue weighted by atomic mass is 16.5. The van der Waals surface area contributed by atoms with Crippen LogP contribution in [0.2, 0.25) is 0 Å². The predicted molar refractivity (Wildman–Crippen MR) is 166 cm³/mol. The van der Waals surface area contributed by atoms with Gasteiger partial charge in [-0.3, -0.25) is 14.4 Å². The number of benzene rings is 2. The van der Waals surface area contributed by atoms with Crippen LogP contribution < -0.4 is 11.1 Å². The Hall–Kier alpha value is -4.76. The summed E-state index contributed by atoms with van der Waals surface area (Å²) in [6, 6.07) is 13.1. The summed E-state index contributed by atoms with van der Waals surface area (Å²) in [6.07, 6.45) is 3.33. The Labute approximate surface area is 266 Å². The molecule has 2 aliphatic heterocycles. The van der Waals surface area contributed by atoms with Crippen LogP contribution in [0.1, 0.15) is 68.1 Å². The molecule has 2 aliphatic carbocycles. The second-order valence-electron chi connectivity index (χ2n) is 13.4. The number of amides is 3. The highest BCUT2D eigenvalue weighted by Gasteiger charge is 2.54. The molecule has 1 aromatic heterocycles. The van der Waals surface area contributed by atoms with Gasteiger partial charge in [-0.2, -0.15) is 15.0 Å². The standard InChI is InChI=1S/C34H37N7O5/c1-38(2)30(43)21-7-9-26-19(11-21)5-6-20-12-22(31(44)39(3)4)8-10-27(20)34(26)15-24(18-40-32(34)37-33(45)46-40)36-17-29(42)41-25(16-35)13-23-14-28(23)41/h7-12,23-25,28,36H,5-6,13-15,17-18H2,1-4H3/t23-,24+,25?,28+/m1/s1. The summed E-state index contributed by atoms with van der Waals surface area (Å²) in [7, 11) is 6.86. The lowest BCUT2D eigenvalue weighted by molar-refractivity contribution is -0.131. The Balaban J connectivity index is 1.34. The molecule has 238 valence electrons. The van der Waals surface area contributed by atoms with Crippen molar-refractivity contribution in [2.75, 3.05) is 34.7 Å². The normalized spacial score (nSPS) is 23.3. The van der Waals surface area contributed by atoms with Crippen LogP contribution in [-0.2, 0) is 29.6 Å². The summed E-state index contributed by atoms with van der Waals surface area (Å²) in [6.45, 7) is 0.328. The largest absolute Gasteiger partial charge is 0.459 e. The van der Waals surface area contributed by atoms with Crippen LogP contribution in [0.15, 0.2) is 45.7 Å². The van der Waals surface area contributed by atoms with Gasteiger partial charge in [-0.1, -0.05) is 12.1 Å². The highest BCUT2D eigenvalue weighted by Crippen LogP contribution is 2.50. The van der Waals surface area contributed by atoms with E-state index in [1.165, 1.54) is 14.5 Å². The summed E-state index contributed by atoms with van der Waals surface area (Å²) < 4.78 is 7.16. The van der Waals surface area contributed by atoms with Gasteiger partial charge in [-0.15, -0.1) is 0 Å². The van der Waals surface area contributed by atoms with E-state index in [0.29, 0.717) is 42.1 Å². The van der Waals surface area contributed by atoms with E-state index in [-0.39, 0.29) is 42.9 Å². The number of aryl methyl sites for hydroxylation is 2. The molecule has 2 aromatic carbocycles. The molecule has 4 aliphatic rings. The Morgan fingerprint density at radius 1 is 1.00 bits per heavy atom. The Bertz CT molecular complexity index is 1800. The molecule has 1 N–H and O–H groups in total. The number of aromatic nitrogens is 2. The number of nitriles is 1. The summed E-state index contributed by atoms with van der Waals surface area (Å²) in [5, 5.41) is 13.1. The molecule has 3 heterocycles. The van der Waals surface area contributed by atoms with Crippen LogP contribution >= 0.6 is 0 Å². The van der Waals surface area contributed by atoms with Crippen LogP contribution in [0.4, 0.5) is 0 Å². The number of carbonyl (C=O) groups is 3. The highest BCUT2D eigenvalue weighted by molar-refractivity contribution is 5.95. The number of hydrogen-bond donors (Lipinski definition) is 1. The molecular weight excluding hydrogens is 586 g/mol. The van der Waals surface area contributed by atoms with Gasteiger partial charge in [0.2, 0.25) is 5.91 Å². The van der Waals surface area contributed by atoms with E-state index in [9.17, 15) is 24.4 Å². The SMILES string of the molecule is CN(C)C(=O)c1ccc2c(c1)CCc1cc(C(=O)N(C)C)ccc1C21C[C@H](NCC(=O)N2C(C#N)C[C@@H]3C[C@@H]32)Cn2oc(=O)nc21. The van der Waals surface area contributed by atoms with E-state index < -0.39 is 17.2 Å². The van der Waals surface area contributed by atoms with E-state index in [4.69, 9.17) is 4.52 Å². The van der Waals surface area contributed by atoms with Gasteiger partial charge in [0.25, 0.3) is 11.8 Å². The van der Waals surface area contributed by atoms with Gasteiger partial charge in [-0.05, 0) is 84.5 Å². The molecule has 1 saturated carbocycles. The maximum Gasteiger partial charge on any atom is 0.459 e. The minimum atomic E-state index is -0.976. The van der Waals surface area contributed by atoms with Crippen LogP contribution in [-0.4, -0.2) is 95.0 Å². The second kappa shape index (κ2) is 10.9. The number of hydrogen-bond acceptors (Lipinski definition) is 8. The summed E-state index contributed by atoms with van der Waals surface area (Å²) >= 11 is 0. The van der Waals surface area contributed by atoms with E-state index in [0.717, 1.165) is 35.1 Å².